The molecule has 4 aromatic carbocycles. The summed E-state index contributed by atoms with van der Waals surface area (Å²) in [7, 11) is 1.52. The van der Waals surface area contributed by atoms with Gasteiger partial charge in [-0.1, -0.05) is 42.5 Å². The predicted molar refractivity (Wildman–Crippen MR) is 132 cm³/mol. The Morgan fingerprint density at radius 3 is 1.91 bits per heavy atom. The molecule has 0 spiro atoms. The van der Waals surface area contributed by atoms with Crippen LogP contribution >= 0.6 is 15.9 Å². The Balaban J connectivity index is 2.02. The molecule has 0 atom stereocenters. The zero-order valence-corrected chi connectivity index (χ0v) is 18.8. The van der Waals surface area contributed by atoms with Crippen molar-refractivity contribution in [2.75, 3.05) is 0 Å². The Hall–Kier alpha value is -3.98. The van der Waals surface area contributed by atoms with Gasteiger partial charge in [0.15, 0.2) is 11.5 Å². The molecule has 0 aliphatic heterocycles. The summed E-state index contributed by atoms with van der Waals surface area (Å²) in [4.78, 5) is 0. The minimum absolute atomic E-state index is 0.0518. The van der Waals surface area contributed by atoms with E-state index >= 15 is 0 Å². The van der Waals surface area contributed by atoms with E-state index in [-0.39, 0.29) is 43.2 Å². The lowest BCUT2D eigenvalue weighted by molar-refractivity contribution is 0.350. The summed E-state index contributed by atoms with van der Waals surface area (Å²) in [5.74, 6) is -3.76. The molecule has 7 nitrogen and oxygen atoms in total. The van der Waals surface area contributed by atoms with Gasteiger partial charge in [0.05, 0.1) is 15.4 Å². The third kappa shape index (κ3) is 2.82. The van der Waals surface area contributed by atoms with E-state index in [0.717, 1.165) is 11.1 Å². The molecule has 0 bridgehead atoms. The van der Waals surface area contributed by atoms with E-state index < -0.39 is 23.0 Å². The van der Waals surface area contributed by atoms with Crippen LogP contribution < -0.4 is 5.46 Å². The van der Waals surface area contributed by atoms with Gasteiger partial charge in [0, 0.05) is 11.1 Å². The minimum atomic E-state index is -0.913. The van der Waals surface area contributed by atoms with Crippen molar-refractivity contribution in [2.45, 2.75) is 0 Å². The van der Waals surface area contributed by atoms with E-state index in [1.807, 2.05) is 42.5 Å². The van der Waals surface area contributed by atoms with E-state index in [1.54, 1.807) is 12.1 Å². The molecule has 0 aliphatic carbocycles. The van der Waals surface area contributed by atoms with Crippen LogP contribution in [0, 0.1) is 0 Å². The summed E-state index contributed by atoms with van der Waals surface area (Å²) in [6.45, 7) is 0. The fourth-order valence-electron chi connectivity index (χ4n) is 4.21. The van der Waals surface area contributed by atoms with Gasteiger partial charge < -0.3 is 35.2 Å². The monoisotopic (exact) mass is 505 g/mol. The normalized spacial score (nSPS) is 11.4. The van der Waals surface area contributed by atoms with E-state index in [9.17, 15) is 30.6 Å². The number of aromatic hydroxyl groups is 6. The standard InChI is InChI=1S/C24H17BBrNO6/c25-15-20(29)16(26)13-14-18(22(31)24(33)23(32)19(14)28)27(17(13)21(15)30)12-8-4-7-11(9-12)10-5-2-1-3-6-10/h1-9,28-33H,25H2. The van der Waals surface area contributed by atoms with Crippen molar-refractivity contribution in [1.29, 1.82) is 0 Å². The SMILES string of the molecule is Bc1c(O)c(Br)c2c3c(O)c(O)c(O)c(O)c3n(-c3cccc(-c4ccccc4)c3)c2c1O. The largest absolute Gasteiger partial charge is 0.507 e. The number of hydrogen-bond donors (Lipinski definition) is 6. The first kappa shape index (κ1) is 20.9. The summed E-state index contributed by atoms with van der Waals surface area (Å²) < 4.78 is 1.62. The maximum atomic E-state index is 11.0. The van der Waals surface area contributed by atoms with Gasteiger partial charge in [-0.2, -0.15) is 0 Å². The first-order valence-electron chi connectivity index (χ1n) is 9.93. The molecule has 5 rings (SSSR count). The molecule has 0 aliphatic rings. The van der Waals surface area contributed by atoms with Gasteiger partial charge in [0.25, 0.3) is 0 Å². The molecule has 6 N–H and O–H groups in total. The number of nitrogens with zero attached hydrogens (tertiary/aromatic N) is 1. The van der Waals surface area contributed by atoms with Crippen molar-refractivity contribution in [3.05, 3.63) is 59.1 Å². The molecular weight excluding hydrogens is 489 g/mol. The smallest absolute Gasteiger partial charge is 0.206 e. The summed E-state index contributed by atoms with van der Waals surface area (Å²) in [6.07, 6.45) is 0. The molecule has 1 aromatic heterocycles. The molecule has 0 fully saturated rings. The second-order valence-corrected chi connectivity index (χ2v) is 8.52. The van der Waals surface area contributed by atoms with Gasteiger partial charge in [0.2, 0.25) is 11.5 Å². The second kappa shape index (κ2) is 7.28. The summed E-state index contributed by atoms with van der Waals surface area (Å²) >= 11 is 3.31. The minimum Gasteiger partial charge on any atom is -0.507 e. The highest BCUT2D eigenvalue weighted by atomic mass is 79.9. The highest BCUT2D eigenvalue weighted by Gasteiger charge is 2.30. The van der Waals surface area contributed by atoms with Crippen molar-refractivity contribution in [3.8, 4) is 51.3 Å². The summed E-state index contributed by atoms with van der Waals surface area (Å²) in [6, 6.07) is 16.9. The molecular formula is C24H17BBrNO6. The Morgan fingerprint density at radius 1 is 0.606 bits per heavy atom. The van der Waals surface area contributed by atoms with Crippen LogP contribution in [-0.2, 0) is 0 Å². The van der Waals surface area contributed by atoms with Crippen LogP contribution in [-0.4, -0.2) is 43.1 Å². The molecule has 0 unspecified atom stereocenters. The Labute approximate surface area is 196 Å². The maximum Gasteiger partial charge on any atom is 0.206 e. The summed E-state index contributed by atoms with van der Waals surface area (Å²) in [5, 5.41) is 63.6. The number of phenols is 6. The number of halogens is 1. The fraction of sp³-hybridized carbons (Fsp3) is 0. The van der Waals surface area contributed by atoms with E-state index in [1.165, 1.54) is 12.4 Å². The van der Waals surface area contributed by atoms with Crippen molar-refractivity contribution >= 4 is 51.0 Å². The first-order chi connectivity index (χ1) is 15.7. The third-order valence-corrected chi connectivity index (χ3v) is 6.65. The average molecular weight is 506 g/mol. The predicted octanol–water partition coefficient (Wildman–Crippen LogP) is 3.71. The zero-order chi connectivity index (χ0) is 23.6. The molecule has 9 heteroatoms. The molecule has 164 valence electrons. The topological polar surface area (TPSA) is 126 Å². The average Bonchev–Trinajstić information content (AvgIpc) is 3.20. The number of phenolic OH excluding ortho intramolecular Hbond substituents is 6. The van der Waals surface area contributed by atoms with Crippen molar-refractivity contribution in [1.82, 2.24) is 4.57 Å². The van der Waals surface area contributed by atoms with Crippen LogP contribution in [0.5, 0.6) is 34.5 Å². The number of aromatic nitrogens is 1. The zero-order valence-electron chi connectivity index (χ0n) is 17.2. The van der Waals surface area contributed by atoms with E-state index in [4.69, 9.17) is 0 Å². The van der Waals surface area contributed by atoms with Crippen LogP contribution in [0.2, 0.25) is 0 Å². The molecule has 0 amide bonds. The lowest BCUT2D eigenvalue weighted by Crippen LogP contribution is -2.06. The summed E-state index contributed by atoms with van der Waals surface area (Å²) in [5.41, 5.74) is 2.57. The van der Waals surface area contributed by atoms with Gasteiger partial charge in [-0.3, -0.25) is 0 Å². The maximum absolute atomic E-state index is 11.0. The van der Waals surface area contributed by atoms with Gasteiger partial charge in [-0.15, -0.1) is 0 Å². The molecule has 33 heavy (non-hydrogen) atoms. The number of benzene rings is 4. The third-order valence-electron chi connectivity index (χ3n) is 5.88. The lowest BCUT2D eigenvalue weighted by Gasteiger charge is -2.14. The van der Waals surface area contributed by atoms with Crippen molar-refractivity contribution in [3.63, 3.8) is 0 Å². The van der Waals surface area contributed by atoms with Crippen molar-refractivity contribution in [2.24, 2.45) is 0 Å². The van der Waals surface area contributed by atoms with E-state index in [2.05, 4.69) is 15.9 Å². The number of rotatable bonds is 2. The van der Waals surface area contributed by atoms with Crippen LogP contribution in [0.4, 0.5) is 0 Å². The highest BCUT2D eigenvalue weighted by molar-refractivity contribution is 9.10. The first-order valence-corrected chi connectivity index (χ1v) is 10.7. The Kier molecular flexibility index (Phi) is 4.61. The molecule has 0 radical (unpaired) electrons. The quantitative estimate of drug-likeness (QED) is 0.123. The number of fused-ring (bicyclic) bond motifs is 3. The molecule has 0 saturated heterocycles. The second-order valence-electron chi connectivity index (χ2n) is 7.73. The number of hydrogen-bond acceptors (Lipinski definition) is 6. The molecule has 1 heterocycles. The van der Waals surface area contributed by atoms with Crippen LogP contribution in [0.1, 0.15) is 0 Å². The van der Waals surface area contributed by atoms with Crippen LogP contribution in [0.3, 0.4) is 0 Å². The molecule has 5 aromatic rings. The van der Waals surface area contributed by atoms with Gasteiger partial charge in [-0.05, 0) is 44.7 Å². The lowest BCUT2D eigenvalue weighted by atomic mass is 9.92. The van der Waals surface area contributed by atoms with Gasteiger partial charge in [-0.25, -0.2) is 0 Å². The van der Waals surface area contributed by atoms with E-state index in [0.29, 0.717) is 5.69 Å². The Morgan fingerprint density at radius 2 is 1.21 bits per heavy atom. The highest BCUT2D eigenvalue weighted by Crippen LogP contribution is 2.55. The van der Waals surface area contributed by atoms with Crippen molar-refractivity contribution < 1.29 is 30.6 Å². The Bertz CT molecular complexity index is 1520. The molecule has 0 saturated carbocycles. The van der Waals surface area contributed by atoms with Gasteiger partial charge in [0.1, 0.15) is 24.9 Å². The fourth-order valence-corrected chi connectivity index (χ4v) is 4.89. The van der Waals surface area contributed by atoms with Crippen LogP contribution in [0.25, 0.3) is 38.6 Å². The van der Waals surface area contributed by atoms with Crippen LogP contribution in [0.15, 0.2) is 59.1 Å². The van der Waals surface area contributed by atoms with Gasteiger partial charge >= 0.3 is 0 Å².